The summed E-state index contributed by atoms with van der Waals surface area (Å²) in [4.78, 5) is 8.17. The summed E-state index contributed by atoms with van der Waals surface area (Å²) in [5, 5.41) is 34.4. The molecule has 5 aromatic rings. The van der Waals surface area contributed by atoms with Gasteiger partial charge in [-0.3, -0.25) is 5.10 Å². The second kappa shape index (κ2) is 9.99. The highest BCUT2D eigenvalue weighted by molar-refractivity contribution is 7.13. The Labute approximate surface area is 218 Å². The number of aromatic amines is 1. The van der Waals surface area contributed by atoms with E-state index in [0.717, 1.165) is 59.0 Å². The third kappa shape index (κ3) is 4.18. The molecule has 4 heterocycles. The molecule has 0 saturated carbocycles. The lowest BCUT2D eigenvalue weighted by Crippen LogP contribution is -2.43. The van der Waals surface area contributed by atoms with Crippen molar-refractivity contribution < 1.29 is 5.11 Å². The standard InChI is InChI=1S/C27H22N6OS.ClH/c28-16-21-23(17-6-8-19(9-7-17)33-12-10-29-11-13-33)24-26(22-5-2-14-35-22)31-32-27(24)30-25(21)18-3-1-4-20(34)15-18;/h1-9,14-15,29,34H,10-13H2,(H,30,31,32);1H. The number of fused-ring (bicyclic) bond motifs is 1. The molecule has 0 unspecified atom stereocenters. The molecule has 0 aliphatic carbocycles. The van der Waals surface area contributed by atoms with Gasteiger partial charge in [0.15, 0.2) is 5.65 Å². The molecule has 1 saturated heterocycles. The smallest absolute Gasteiger partial charge is 0.182 e. The van der Waals surface area contributed by atoms with E-state index in [4.69, 9.17) is 4.98 Å². The lowest BCUT2D eigenvalue weighted by atomic mass is 9.92. The second-order valence-corrected chi connectivity index (χ2v) is 9.38. The van der Waals surface area contributed by atoms with Crippen molar-refractivity contribution in [3.05, 3.63) is 71.6 Å². The van der Waals surface area contributed by atoms with Gasteiger partial charge in [-0.15, -0.1) is 23.7 Å². The molecule has 1 aliphatic rings. The van der Waals surface area contributed by atoms with Crippen LogP contribution in [0.3, 0.4) is 0 Å². The molecular formula is C27H23ClN6OS. The summed E-state index contributed by atoms with van der Waals surface area (Å²) in [5.41, 5.74) is 5.89. The van der Waals surface area contributed by atoms with Gasteiger partial charge in [0.05, 0.1) is 27.2 Å². The van der Waals surface area contributed by atoms with E-state index in [1.165, 1.54) is 0 Å². The van der Waals surface area contributed by atoms with Gasteiger partial charge in [0.25, 0.3) is 0 Å². The summed E-state index contributed by atoms with van der Waals surface area (Å²) in [6, 6.07) is 21.6. The first-order valence-corrected chi connectivity index (χ1v) is 12.3. The van der Waals surface area contributed by atoms with Gasteiger partial charge in [-0.1, -0.05) is 30.3 Å². The van der Waals surface area contributed by atoms with Crippen LogP contribution in [0.25, 0.3) is 44.0 Å². The number of aromatic nitrogens is 3. The Bertz CT molecular complexity index is 1550. The number of benzene rings is 2. The van der Waals surface area contributed by atoms with Gasteiger partial charge < -0.3 is 15.3 Å². The molecular weight excluding hydrogens is 492 g/mol. The van der Waals surface area contributed by atoms with Crippen molar-refractivity contribution in [2.24, 2.45) is 0 Å². The number of hydrogen-bond acceptors (Lipinski definition) is 7. The topological polar surface area (TPSA) is 101 Å². The molecule has 36 heavy (non-hydrogen) atoms. The predicted octanol–water partition coefficient (Wildman–Crippen LogP) is 5.43. The van der Waals surface area contributed by atoms with Crippen LogP contribution in [0.1, 0.15) is 5.56 Å². The molecule has 0 radical (unpaired) electrons. The Morgan fingerprint density at radius 1 is 1.00 bits per heavy atom. The van der Waals surface area contributed by atoms with Gasteiger partial charge >= 0.3 is 0 Å². The van der Waals surface area contributed by atoms with Crippen LogP contribution < -0.4 is 10.2 Å². The number of phenolic OH excluding ortho intramolecular Hbond substituents is 1. The first-order chi connectivity index (χ1) is 17.2. The largest absolute Gasteiger partial charge is 0.508 e. The van der Waals surface area contributed by atoms with Gasteiger partial charge in [-0.2, -0.15) is 10.4 Å². The van der Waals surface area contributed by atoms with Crippen LogP contribution >= 0.6 is 23.7 Å². The van der Waals surface area contributed by atoms with Crippen LogP contribution in [0.4, 0.5) is 5.69 Å². The van der Waals surface area contributed by atoms with Crippen molar-refractivity contribution in [2.45, 2.75) is 0 Å². The van der Waals surface area contributed by atoms with Crippen LogP contribution in [-0.2, 0) is 0 Å². The van der Waals surface area contributed by atoms with E-state index in [2.05, 4.69) is 50.7 Å². The third-order valence-electron chi connectivity index (χ3n) is 6.34. The highest BCUT2D eigenvalue weighted by Crippen LogP contribution is 2.41. The fourth-order valence-electron chi connectivity index (χ4n) is 4.68. The minimum Gasteiger partial charge on any atom is -0.508 e. The SMILES string of the molecule is Cl.N#Cc1c(-c2cccc(O)c2)nc2n[nH]c(-c3cccs3)c2c1-c1ccc(N2CCNCC2)cc1. The molecule has 3 aromatic heterocycles. The quantitative estimate of drug-likeness (QED) is 0.295. The summed E-state index contributed by atoms with van der Waals surface area (Å²) in [7, 11) is 0. The zero-order chi connectivity index (χ0) is 23.8. The Hall–Kier alpha value is -3.90. The monoisotopic (exact) mass is 514 g/mol. The number of H-pyrrole nitrogens is 1. The molecule has 9 heteroatoms. The summed E-state index contributed by atoms with van der Waals surface area (Å²) in [5.74, 6) is 0.122. The number of anilines is 1. The summed E-state index contributed by atoms with van der Waals surface area (Å²) < 4.78 is 0. The Morgan fingerprint density at radius 2 is 1.81 bits per heavy atom. The molecule has 0 atom stereocenters. The first kappa shape index (κ1) is 23.8. The first-order valence-electron chi connectivity index (χ1n) is 11.4. The Balaban J connectivity index is 0.00000267. The van der Waals surface area contributed by atoms with Crippen molar-refractivity contribution >= 4 is 40.5 Å². The molecule has 180 valence electrons. The Morgan fingerprint density at radius 3 is 2.50 bits per heavy atom. The van der Waals surface area contributed by atoms with Crippen LogP contribution in [0.15, 0.2) is 66.0 Å². The van der Waals surface area contributed by atoms with Crippen LogP contribution in [0.5, 0.6) is 5.75 Å². The minimum absolute atomic E-state index is 0. The maximum absolute atomic E-state index is 10.4. The van der Waals surface area contributed by atoms with E-state index in [0.29, 0.717) is 22.5 Å². The summed E-state index contributed by atoms with van der Waals surface area (Å²) >= 11 is 1.61. The maximum atomic E-state index is 10.4. The second-order valence-electron chi connectivity index (χ2n) is 8.43. The number of nitriles is 1. The minimum atomic E-state index is 0. The van der Waals surface area contributed by atoms with Gasteiger partial charge in [-0.05, 0) is 41.3 Å². The van der Waals surface area contributed by atoms with Gasteiger partial charge in [0.1, 0.15) is 11.8 Å². The number of nitrogens with one attached hydrogen (secondary N) is 2. The van der Waals surface area contributed by atoms with Crippen molar-refractivity contribution in [3.8, 4) is 44.8 Å². The number of hydrogen-bond donors (Lipinski definition) is 3. The van der Waals surface area contributed by atoms with Crippen molar-refractivity contribution in [1.82, 2.24) is 20.5 Å². The summed E-state index contributed by atoms with van der Waals surface area (Å²) in [6.07, 6.45) is 0. The maximum Gasteiger partial charge on any atom is 0.182 e. The van der Waals surface area contributed by atoms with E-state index in [1.807, 2.05) is 23.6 Å². The highest BCUT2D eigenvalue weighted by atomic mass is 35.5. The normalized spacial score (nSPS) is 13.4. The predicted molar refractivity (Wildman–Crippen MR) is 147 cm³/mol. The lowest BCUT2D eigenvalue weighted by molar-refractivity contribution is 0.475. The van der Waals surface area contributed by atoms with Crippen LogP contribution in [-0.4, -0.2) is 46.5 Å². The van der Waals surface area contributed by atoms with E-state index < -0.39 is 0 Å². The fourth-order valence-corrected chi connectivity index (χ4v) is 5.40. The number of nitrogens with zero attached hydrogens (tertiary/aromatic N) is 4. The molecule has 1 fully saturated rings. The Kier molecular flexibility index (Phi) is 6.61. The van der Waals surface area contributed by atoms with Crippen LogP contribution in [0, 0.1) is 11.3 Å². The average Bonchev–Trinajstić information content (AvgIpc) is 3.58. The van der Waals surface area contributed by atoms with Crippen LogP contribution in [0.2, 0.25) is 0 Å². The number of thiophene rings is 1. The molecule has 1 aliphatic heterocycles. The molecule has 0 amide bonds. The van der Waals surface area contributed by atoms with E-state index in [-0.39, 0.29) is 18.2 Å². The fraction of sp³-hybridized carbons (Fsp3) is 0.148. The summed E-state index contributed by atoms with van der Waals surface area (Å²) in [6.45, 7) is 3.87. The zero-order valence-electron chi connectivity index (χ0n) is 19.2. The van der Waals surface area contributed by atoms with E-state index in [9.17, 15) is 10.4 Å². The molecule has 6 rings (SSSR count). The van der Waals surface area contributed by atoms with Crippen molar-refractivity contribution in [2.75, 3.05) is 31.1 Å². The average molecular weight is 515 g/mol. The van der Waals surface area contributed by atoms with Crippen molar-refractivity contribution in [1.29, 1.82) is 5.26 Å². The molecule has 7 nitrogen and oxygen atoms in total. The van der Waals surface area contributed by atoms with E-state index >= 15 is 0 Å². The third-order valence-corrected chi connectivity index (χ3v) is 7.23. The van der Waals surface area contributed by atoms with Crippen molar-refractivity contribution in [3.63, 3.8) is 0 Å². The van der Waals surface area contributed by atoms with Gasteiger partial charge in [0, 0.05) is 43.0 Å². The van der Waals surface area contributed by atoms with Gasteiger partial charge in [-0.25, -0.2) is 4.98 Å². The number of pyridine rings is 1. The molecule has 2 aromatic carbocycles. The molecule has 3 N–H and O–H groups in total. The highest BCUT2D eigenvalue weighted by Gasteiger charge is 2.23. The number of rotatable bonds is 4. The zero-order valence-corrected chi connectivity index (χ0v) is 20.9. The molecule has 0 spiro atoms. The number of phenols is 1. The number of halogens is 1. The van der Waals surface area contributed by atoms with E-state index in [1.54, 1.807) is 29.5 Å². The molecule has 0 bridgehead atoms. The lowest BCUT2D eigenvalue weighted by Gasteiger charge is -2.29. The number of aromatic hydroxyl groups is 1. The number of piperazine rings is 1. The van der Waals surface area contributed by atoms with Gasteiger partial charge in [0.2, 0.25) is 0 Å².